The van der Waals surface area contributed by atoms with Gasteiger partial charge in [0.2, 0.25) is 0 Å². The van der Waals surface area contributed by atoms with Gasteiger partial charge in [0, 0.05) is 18.1 Å². The zero-order valence-electron chi connectivity index (χ0n) is 13.1. The highest BCUT2D eigenvalue weighted by molar-refractivity contribution is 5.94. The van der Waals surface area contributed by atoms with Crippen LogP contribution in [0, 0.1) is 0 Å². The Morgan fingerprint density at radius 3 is 1.92 bits per heavy atom. The molecule has 0 bridgehead atoms. The van der Waals surface area contributed by atoms with Crippen molar-refractivity contribution in [2.75, 3.05) is 12.4 Å². The molecule has 0 atom stereocenters. The van der Waals surface area contributed by atoms with Crippen LogP contribution in [0.25, 0.3) is 10.8 Å². The van der Waals surface area contributed by atoms with Gasteiger partial charge < -0.3 is 15.5 Å². The average Bonchev–Trinajstić information content (AvgIpc) is 2.61. The molecule has 3 aromatic carbocycles. The Balaban J connectivity index is 0.000000174. The maximum atomic E-state index is 10.4. The van der Waals surface area contributed by atoms with Crippen LogP contribution in [-0.4, -0.2) is 29.2 Å². The highest BCUT2D eigenvalue weighted by Crippen LogP contribution is 2.21. The molecule has 122 valence electrons. The van der Waals surface area contributed by atoms with Gasteiger partial charge in [0.15, 0.2) is 0 Å². The molecular formula is C19H17NO4. The summed E-state index contributed by atoms with van der Waals surface area (Å²) in [6.07, 6.45) is 0. The lowest BCUT2D eigenvalue weighted by atomic mass is 10.1. The summed E-state index contributed by atoms with van der Waals surface area (Å²) in [6, 6.07) is 19.8. The van der Waals surface area contributed by atoms with E-state index < -0.39 is 11.9 Å². The van der Waals surface area contributed by atoms with Gasteiger partial charge in [-0.2, -0.15) is 0 Å². The molecule has 0 aliphatic carbocycles. The van der Waals surface area contributed by atoms with Gasteiger partial charge in [-0.3, -0.25) is 0 Å². The molecule has 0 unspecified atom stereocenters. The zero-order valence-corrected chi connectivity index (χ0v) is 13.1. The fourth-order valence-electron chi connectivity index (χ4n) is 2.23. The maximum absolute atomic E-state index is 10.4. The smallest absolute Gasteiger partial charge is 0.335 e. The highest BCUT2D eigenvalue weighted by Gasteiger charge is 2.06. The van der Waals surface area contributed by atoms with Crippen molar-refractivity contribution in [3.8, 4) is 0 Å². The molecule has 3 rings (SSSR count). The highest BCUT2D eigenvalue weighted by atomic mass is 16.4. The van der Waals surface area contributed by atoms with Crippen molar-refractivity contribution in [2.45, 2.75) is 0 Å². The number of aromatic carboxylic acids is 2. The van der Waals surface area contributed by atoms with E-state index in [1.165, 1.54) is 34.7 Å². The molecule has 0 saturated heterocycles. The minimum absolute atomic E-state index is 0.0186. The summed E-state index contributed by atoms with van der Waals surface area (Å²) in [5, 5.41) is 22.7. The normalized spacial score (nSPS) is 9.71. The zero-order chi connectivity index (χ0) is 17.5. The molecule has 3 N–H and O–H groups in total. The quantitative estimate of drug-likeness (QED) is 0.679. The fourth-order valence-corrected chi connectivity index (χ4v) is 2.23. The second kappa shape index (κ2) is 7.78. The number of hydrogen-bond donors (Lipinski definition) is 3. The van der Waals surface area contributed by atoms with Gasteiger partial charge in [-0.15, -0.1) is 0 Å². The van der Waals surface area contributed by atoms with E-state index in [1.807, 2.05) is 7.05 Å². The summed E-state index contributed by atoms with van der Waals surface area (Å²) in [6.45, 7) is 0. The van der Waals surface area contributed by atoms with Crippen molar-refractivity contribution in [1.29, 1.82) is 0 Å². The van der Waals surface area contributed by atoms with Crippen molar-refractivity contribution in [3.63, 3.8) is 0 Å². The van der Waals surface area contributed by atoms with E-state index in [9.17, 15) is 9.59 Å². The first kappa shape index (κ1) is 17.0. The number of nitrogens with one attached hydrogen (secondary N) is 1. The minimum Gasteiger partial charge on any atom is -0.478 e. The number of carboxylic acids is 2. The van der Waals surface area contributed by atoms with Gasteiger partial charge in [0.05, 0.1) is 11.1 Å². The van der Waals surface area contributed by atoms with Crippen LogP contribution < -0.4 is 5.32 Å². The van der Waals surface area contributed by atoms with E-state index in [1.54, 1.807) is 0 Å². The predicted molar refractivity (Wildman–Crippen MR) is 93.9 cm³/mol. The summed E-state index contributed by atoms with van der Waals surface area (Å²) in [5.41, 5.74) is 1.15. The standard InChI is InChI=1S/C11H11N.C8H6O4/c1-12-11-8-4-6-9-5-2-3-7-10(9)11;9-7(10)5-2-1-3-6(4-5)8(11)12/h2-8,12H,1H3;1-4H,(H,9,10)(H,11,12). The van der Waals surface area contributed by atoms with E-state index >= 15 is 0 Å². The number of anilines is 1. The van der Waals surface area contributed by atoms with Crippen molar-refractivity contribution in [2.24, 2.45) is 0 Å². The first-order valence-electron chi connectivity index (χ1n) is 7.25. The van der Waals surface area contributed by atoms with Crippen molar-refractivity contribution < 1.29 is 19.8 Å². The number of carboxylic acid groups (broad SMARTS) is 2. The number of hydrogen-bond acceptors (Lipinski definition) is 3. The van der Waals surface area contributed by atoms with E-state index in [0.29, 0.717) is 0 Å². The second-order valence-corrected chi connectivity index (χ2v) is 4.97. The second-order valence-electron chi connectivity index (χ2n) is 4.97. The lowest BCUT2D eigenvalue weighted by Crippen LogP contribution is -2.01. The van der Waals surface area contributed by atoms with Gasteiger partial charge in [-0.05, 0) is 29.7 Å². The van der Waals surface area contributed by atoms with E-state index in [-0.39, 0.29) is 11.1 Å². The molecule has 5 nitrogen and oxygen atoms in total. The van der Waals surface area contributed by atoms with Crippen molar-refractivity contribution in [1.82, 2.24) is 0 Å². The third-order valence-electron chi connectivity index (χ3n) is 3.42. The number of carbonyl (C=O) groups is 2. The molecule has 0 aliphatic heterocycles. The van der Waals surface area contributed by atoms with Crippen molar-refractivity contribution >= 4 is 28.4 Å². The molecular weight excluding hydrogens is 306 g/mol. The summed E-state index contributed by atoms with van der Waals surface area (Å²) in [4.78, 5) is 20.8. The van der Waals surface area contributed by atoms with Crippen LogP contribution in [0.5, 0.6) is 0 Å². The van der Waals surface area contributed by atoms with Crippen LogP contribution in [0.4, 0.5) is 5.69 Å². The Bertz CT molecular complexity index is 839. The largest absolute Gasteiger partial charge is 0.478 e. The number of benzene rings is 3. The molecule has 0 heterocycles. The topological polar surface area (TPSA) is 86.6 Å². The first-order chi connectivity index (χ1) is 11.5. The average molecular weight is 323 g/mol. The Hall–Kier alpha value is -3.34. The van der Waals surface area contributed by atoms with E-state index in [0.717, 1.165) is 6.07 Å². The summed E-state index contributed by atoms with van der Waals surface area (Å²) in [5.74, 6) is -2.25. The van der Waals surface area contributed by atoms with Gasteiger partial charge in [0.25, 0.3) is 0 Å². The molecule has 24 heavy (non-hydrogen) atoms. The molecule has 0 fully saturated rings. The molecule has 0 saturated carbocycles. The Kier molecular flexibility index (Phi) is 5.52. The molecule has 3 aromatic rings. The van der Waals surface area contributed by atoms with Gasteiger partial charge in [0.1, 0.15) is 0 Å². The lowest BCUT2D eigenvalue weighted by Gasteiger charge is -2.04. The molecule has 0 amide bonds. The van der Waals surface area contributed by atoms with Crippen LogP contribution in [0.2, 0.25) is 0 Å². The third-order valence-corrected chi connectivity index (χ3v) is 3.42. The summed E-state index contributed by atoms with van der Waals surface area (Å²) < 4.78 is 0. The van der Waals surface area contributed by atoms with E-state index in [2.05, 4.69) is 47.8 Å². The SMILES string of the molecule is CNc1cccc2ccccc12.O=C(O)c1cccc(C(=O)O)c1. The Morgan fingerprint density at radius 1 is 0.792 bits per heavy atom. The van der Waals surface area contributed by atoms with Crippen LogP contribution in [0.3, 0.4) is 0 Å². The summed E-state index contributed by atoms with van der Waals surface area (Å²) in [7, 11) is 1.95. The Morgan fingerprint density at radius 2 is 1.33 bits per heavy atom. The first-order valence-corrected chi connectivity index (χ1v) is 7.25. The van der Waals surface area contributed by atoms with Crippen molar-refractivity contribution in [3.05, 3.63) is 77.9 Å². The van der Waals surface area contributed by atoms with E-state index in [4.69, 9.17) is 10.2 Å². The monoisotopic (exact) mass is 323 g/mol. The molecule has 0 aliphatic rings. The van der Waals surface area contributed by atoms with Gasteiger partial charge in [-0.25, -0.2) is 9.59 Å². The lowest BCUT2D eigenvalue weighted by molar-refractivity contribution is 0.0696. The number of fused-ring (bicyclic) bond motifs is 1. The Labute approximate surface area is 139 Å². The van der Waals surface area contributed by atoms with Crippen LogP contribution >= 0.6 is 0 Å². The summed E-state index contributed by atoms with van der Waals surface area (Å²) >= 11 is 0. The molecule has 0 radical (unpaired) electrons. The fraction of sp³-hybridized carbons (Fsp3) is 0.0526. The van der Waals surface area contributed by atoms with Gasteiger partial charge >= 0.3 is 11.9 Å². The van der Waals surface area contributed by atoms with Gasteiger partial charge in [-0.1, -0.05) is 42.5 Å². The van der Waals surface area contributed by atoms with Crippen LogP contribution in [0.1, 0.15) is 20.7 Å². The third kappa shape index (κ3) is 4.10. The molecule has 0 spiro atoms. The van der Waals surface area contributed by atoms with Crippen LogP contribution in [0.15, 0.2) is 66.7 Å². The molecule has 0 aromatic heterocycles. The maximum Gasteiger partial charge on any atom is 0.335 e. The molecule has 5 heteroatoms. The predicted octanol–water partition coefficient (Wildman–Crippen LogP) is 3.96. The minimum atomic E-state index is -1.13. The number of rotatable bonds is 3. The van der Waals surface area contributed by atoms with Crippen LogP contribution in [-0.2, 0) is 0 Å².